The molecule has 28 heavy (non-hydrogen) atoms. The first-order valence-electron chi connectivity index (χ1n) is 9.83. The molecule has 1 N–H and O–H groups in total. The highest BCUT2D eigenvalue weighted by molar-refractivity contribution is 5.99. The molecule has 2 aromatic carbocycles. The zero-order valence-electron chi connectivity index (χ0n) is 16.4. The van der Waals surface area contributed by atoms with E-state index >= 15 is 0 Å². The lowest BCUT2D eigenvalue weighted by Crippen LogP contribution is -2.36. The van der Waals surface area contributed by atoms with Crippen molar-refractivity contribution < 1.29 is 4.79 Å². The van der Waals surface area contributed by atoms with Gasteiger partial charge in [0.15, 0.2) is 5.78 Å². The highest BCUT2D eigenvalue weighted by atomic mass is 16.1. The van der Waals surface area contributed by atoms with Crippen molar-refractivity contribution in [3.63, 3.8) is 0 Å². The third-order valence-corrected chi connectivity index (χ3v) is 5.64. The number of rotatable bonds is 4. The maximum Gasteiger partial charge on any atom is 0.258 e. The second-order valence-electron chi connectivity index (χ2n) is 7.76. The lowest BCUT2D eigenvalue weighted by Gasteiger charge is -2.31. The zero-order chi connectivity index (χ0) is 19.7. The maximum absolute atomic E-state index is 12.9. The number of piperidine rings is 1. The van der Waals surface area contributed by atoms with Gasteiger partial charge >= 0.3 is 0 Å². The van der Waals surface area contributed by atoms with Gasteiger partial charge in [0.05, 0.1) is 17.4 Å². The van der Waals surface area contributed by atoms with Crippen molar-refractivity contribution >= 4 is 16.7 Å². The number of likely N-dealkylation sites (tertiary alicyclic amines) is 1. The Kier molecular flexibility index (Phi) is 5.09. The van der Waals surface area contributed by atoms with Crippen molar-refractivity contribution in [3.8, 4) is 0 Å². The van der Waals surface area contributed by atoms with Crippen molar-refractivity contribution in [2.24, 2.45) is 5.92 Å². The van der Waals surface area contributed by atoms with Crippen LogP contribution in [0, 0.1) is 19.8 Å². The Balaban J connectivity index is 1.42. The first kappa shape index (κ1) is 18.6. The van der Waals surface area contributed by atoms with Crippen LogP contribution in [0.1, 0.15) is 40.2 Å². The quantitative estimate of drug-likeness (QED) is 0.707. The molecule has 4 rings (SSSR count). The lowest BCUT2D eigenvalue weighted by molar-refractivity contribution is 0.0832. The molecule has 1 saturated heterocycles. The summed E-state index contributed by atoms with van der Waals surface area (Å²) in [6.07, 6.45) is 1.67. The average Bonchev–Trinajstić information content (AvgIpc) is 2.68. The first-order chi connectivity index (χ1) is 13.5. The number of aromatic amines is 1. The van der Waals surface area contributed by atoms with Crippen LogP contribution >= 0.6 is 0 Å². The summed E-state index contributed by atoms with van der Waals surface area (Å²) in [6.45, 7) is 6.32. The van der Waals surface area contributed by atoms with Crippen LogP contribution in [-0.4, -0.2) is 33.7 Å². The van der Waals surface area contributed by atoms with Gasteiger partial charge in [0, 0.05) is 11.5 Å². The van der Waals surface area contributed by atoms with Crippen LogP contribution in [0.5, 0.6) is 0 Å². The Morgan fingerprint density at radius 3 is 2.64 bits per heavy atom. The number of carbonyl (C=O) groups is 1. The van der Waals surface area contributed by atoms with E-state index < -0.39 is 0 Å². The number of nitrogens with zero attached hydrogens (tertiary/aromatic N) is 2. The predicted octanol–water partition coefficient (Wildman–Crippen LogP) is 3.63. The van der Waals surface area contributed by atoms with Gasteiger partial charge in [0.1, 0.15) is 5.82 Å². The van der Waals surface area contributed by atoms with E-state index in [2.05, 4.69) is 20.9 Å². The summed E-state index contributed by atoms with van der Waals surface area (Å²) in [5.74, 6) is 1.01. The number of fused-ring (bicyclic) bond motifs is 1. The number of aromatic nitrogens is 2. The van der Waals surface area contributed by atoms with E-state index in [1.54, 1.807) is 6.07 Å². The van der Waals surface area contributed by atoms with E-state index in [9.17, 15) is 9.59 Å². The van der Waals surface area contributed by atoms with Gasteiger partial charge < -0.3 is 4.98 Å². The normalized spacial score (nSPS) is 15.8. The third-order valence-electron chi connectivity index (χ3n) is 5.64. The van der Waals surface area contributed by atoms with Crippen LogP contribution in [0.15, 0.2) is 47.3 Å². The second-order valence-corrected chi connectivity index (χ2v) is 7.76. The Hall–Kier alpha value is -2.79. The van der Waals surface area contributed by atoms with Gasteiger partial charge in [-0.05, 0) is 57.5 Å². The number of carbonyl (C=O) groups excluding carboxylic acids is 1. The number of para-hydroxylation sites is 1. The summed E-state index contributed by atoms with van der Waals surface area (Å²) in [4.78, 5) is 34.9. The molecule has 5 heteroatoms. The summed E-state index contributed by atoms with van der Waals surface area (Å²) in [5, 5.41) is 0.615. The molecule has 2 heterocycles. The molecular formula is C23H25N3O2. The fraction of sp³-hybridized carbons (Fsp3) is 0.348. The standard InChI is InChI=1S/C23H25N3O2/c1-15-7-8-18(16(2)13-15)22(27)17-9-11-26(12-10-17)14-21-24-20-6-4-3-5-19(20)23(28)25-21/h3-8,13,17H,9-12,14H2,1-2H3,(H,24,25,28). The minimum atomic E-state index is -0.0968. The van der Waals surface area contributed by atoms with Crippen molar-refractivity contribution in [2.75, 3.05) is 13.1 Å². The molecule has 1 aromatic heterocycles. The zero-order valence-corrected chi connectivity index (χ0v) is 16.4. The number of ketones is 1. The predicted molar refractivity (Wildman–Crippen MR) is 111 cm³/mol. The van der Waals surface area contributed by atoms with Crippen LogP contribution in [0.25, 0.3) is 10.9 Å². The topological polar surface area (TPSA) is 66.1 Å². The molecule has 5 nitrogen and oxygen atoms in total. The lowest BCUT2D eigenvalue weighted by atomic mass is 9.87. The fourth-order valence-electron chi connectivity index (χ4n) is 4.08. The van der Waals surface area contributed by atoms with Crippen molar-refractivity contribution in [2.45, 2.75) is 33.2 Å². The number of Topliss-reactive ketones (excluding diaryl/α,β-unsaturated/α-hetero) is 1. The van der Waals surface area contributed by atoms with Crippen LogP contribution in [-0.2, 0) is 6.54 Å². The van der Waals surface area contributed by atoms with E-state index in [4.69, 9.17) is 0 Å². The van der Waals surface area contributed by atoms with Crippen LogP contribution < -0.4 is 5.56 Å². The average molecular weight is 375 g/mol. The number of H-pyrrole nitrogens is 1. The Morgan fingerprint density at radius 2 is 1.89 bits per heavy atom. The van der Waals surface area contributed by atoms with E-state index in [-0.39, 0.29) is 17.3 Å². The minimum absolute atomic E-state index is 0.0706. The number of benzene rings is 2. The summed E-state index contributed by atoms with van der Waals surface area (Å²) >= 11 is 0. The molecule has 0 radical (unpaired) electrons. The van der Waals surface area contributed by atoms with Gasteiger partial charge in [-0.15, -0.1) is 0 Å². The SMILES string of the molecule is Cc1ccc(C(=O)C2CCN(Cc3nc4ccccc4c(=O)[nH]3)CC2)c(C)c1. The van der Waals surface area contributed by atoms with Crippen LogP contribution in [0.3, 0.4) is 0 Å². The summed E-state index contributed by atoms with van der Waals surface area (Å²) in [5.41, 5.74) is 3.72. The second kappa shape index (κ2) is 7.68. The molecule has 0 bridgehead atoms. The van der Waals surface area contributed by atoms with Crippen molar-refractivity contribution in [3.05, 3.63) is 75.3 Å². The van der Waals surface area contributed by atoms with E-state index in [0.717, 1.165) is 42.6 Å². The molecular weight excluding hydrogens is 350 g/mol. The molecule has 1 aliphatic rings. The molecule has 0 spiro atoms. The van der Waals surface area contributed by atoms with Crippen molar-refractivity contribution in [1.82, 2.24) is 14.9 Å². The van der Waals surface area contributed by atoms with E-state index in [1.807, 2.05) is 44.2 Å². The number of aryl methyl sites for hydroxylation is 2. The third kappa shape index (κ3) is 3.76. The van der Waals surface area contributed by atoms with Gasteiger partial charge in [-0.25, -0.2) is 4.98 Å². The van der Waals surface area contributed by atoms with Gasteiger partial charge in [0.25, 0.3) is 5.56 Å². The molecule has 1 aliphatic heterocycles. The smallest absolute Gasteiger partial charge is 0.258 e. The first-order valence-corrected chi connectivity index (χ1v) is 9.83. The molecule has 3 aromatic rings. The highest BCUT2D eigenvalue weighted by Crippen LogP contribution is 2.24. The molecule has 0 unspecified atom stereocenters. The van der Waals surface area contributed by atoms with E-state index in [0.29, 0.717) is 17.8 Å². The summed E-state index contributed by atoms with van der Waals surface area (Å²) < 4.78 is 0. The van der Waals surface area contributed by atoms with Gasteiger partial charge in [-0.3, -0.25) is 14.5 Å². The summed E-state index contributed by atoms with van der Waals surface area (Å²) in [7, 11) is 0. The number of hydrogen-bond donors (Lipinski definition) is 1. The van der Waals surface area contributed by atoms with Gasteiger partial charge in [-0.1, -0.05) is 35.9 Å². The molecule has 144 valence electrons. The molecule has 0 aliphatic carbocycles. The Bertz CT molecular complexity index is 1080. The van der Waals surface area contributed by atoms with Crippen molar-refractivity contribution in [1.29, 1.82) is 0 Å². The van der Waals surface area contributed by atoms with Crippen LogP contribution in [0.4, 0.5) is 0 Å². The Morgan fingerprint density at radius 1 is 1.14 bits per heavy atom. The van der Waals surface area contributed by atoms with Crippen LogP contribution in [0.2, 0.25) is 0 Å². The maximum atomic E-state index is 12.9. The highest BCUT2D eigenvalue weighted by Gasteiger charge is 2.27. The van der Waals surface area contributed by atoms with Gasteiger partial charge in [-0.2, -0.15) is 0 Å². The number of nitrogens with one attached hydrogen (secondary N) is 1. The minimum Gasteiger partial charge on any atom is -0.309 e. The van der Waals surface area contributed by atoms with Gasteiger partial charge in [0.2, 0.25) is 0 Å². The molecule has 0 atom stereocenters. The fourth-order valence-corrected chi connectivity index (χ4v) is 4.08. The molecule has 0 saturated carbocycles. The largest absolute Gasteiger partial charge is 0.309 e. The summed E-state index contributed by atoms with van der Waals surface area (Å²) in [6, 6.07) is 13.4. The monoisotopic (exact) mass is 375 g/mol. The molecule has 1 fully saturated rings. The Labute approximate surface area is 164 Å². The number of hydrogen-bond acceptors (Lipinski definition) is 4. The molecule has 0 amide bonds. The van der Waals surface area contributed by atoms with E-state index in [1.165, 1.54) is 5.56 Å².